The van der Waals surface area contributed by atoms with Gasteiger partial charge in [-0.3, -0.25) is 0 Å². The molecule has 0 spiro atoms. The zero-order chi connectivity index (χ0) is 37.1. The van der Waals surface area contributed by atoms with E-state index in [0.29, 0.717) is 0 Å². The second-order valence-electron chi connectivity index (χ2n) is 16.5. The standard InChI is InChI=1S/C54H41N/c1-53(2)46-22-12-9-21-44(46)51-52(53)45-32-28-35(33-47(45)54(51,3)4)50-42-19-7-5-15-37(42)39(38-16-6-8-20-43(38)50)31-27-34-25-29-36(30-26-34)55-48-23-13-10-17-40(48)41-18-11-14-24-49(41)55/h5-33H,1-4H3. The van der Waals surface area contributed by atoms with E-state index in [1.807, 2.05) is 0 Å². The molecule has 55 heavy (non-hydrogen) atoms. The second kappa shape index (κ2) is 11.5. The van der Waals surface area contributed by atoms with E-state index in [1.54, 1.807) is 0 Å². The lowest BCUT2D eigenvalue weighted by Gasteiger charge is -2.28. The fraction of sp³-hybridized carbons (Fsp3) is 0.111. The molecule has 0 unspecified atom stereocenters. The van der Waals surface area contributed by atoms with Crippen molar-refractivity contribution in [3.8, 4) is 16.8 Å². The zero-order valence-electron chi connectivity index (χ0n) is 31.7. The first-order chi connectivity index (χ1) is 26.8. The second-order valence-corrected chi connectivity index (χ2v) is 16.5. The minimum Gasteiger partial charge on any atom is -0.309 e. The molecule has 0 bridgehead atoms. The maximum absolute atomic E-state index is 2.51. The van der Waals surface area contributed by atoms with Crippen LogP contribution in [0.4, 0.5) is 0 Å². The summed E-state index contributed by atoms with van der Waals surface area (Å²) >= 11 is 0. The van der Waals surface area contributed by atoms with Crippen LogP contribution in [0.2, 0.25) is 0 Å². The van der Waals surface area contributed by atoms with Crippen molar-refractivity contribution in [2.75, 3.05) is 0 Å². The van der Waals surface area contributed by atoms with Crippen molar-refractivity contribution >= 4 is 66.6 Å². The predicted octanol–water partition coefficient (Wildman–Crippen LogP) is 14.4. The van der Waals surface area contributed by atoms with Gasteiger partial charge in [-0.05, 0) is 108 Å². The van der Waals surface area contributed by atoms with Crippen LogP contribution in [0, 0.1) is 0 Å². The molecule has 0 saturated carbocycles. The molecule has 0 saturated heterocycles. The van der Waals surface area contributed by atoms with Crippen LogP contribution in [-0.2, 0) is 10.8 Å². The quantitative estimate of drug-likeness (QED) is 0.127. The minimum atomic E-state index is -0.101. The summed E-state index contributed by atoms with van der Waals surface area (Å²) < 4.78 is 2.38. The normalized spacial score (nSPS) is 15.4. The lowest BCUT2D eigenvalue weighted by atomic mass is 9.75. The molecule has 0 N–H and O–H groups in total. The van der Waals surface area contributed by atoms with Crippen molar-refractivity contribution in [2.45, 2.75) is 38.5 Å². The topological polar surface area (TPSA) is 4.93 Å². The molecule has 1 heterocycles. The third-order valence-electron chi connectivity index (χ3n) is 12.8. The maximum atomic E-state index is 2.51. The summed E-state index contributed by atoms with van der Waals surface area (Å²) in [4.78, 5) is 0. The van der Waals surface area contributed by atoms with E-state index in [4.69, 9.17) is 0 Å². The fourth-order valence-electron chi connectivity index (χ4n) is 10.3. The number of benzene rings is 8. The maximum Gasteiger partial charge on any atom is 0.0541 e. The molecule has 0 aliphatic heterocycles. The van der Waals surface area contributed by atoms with E-state index in [-0.39, 0.29) is 10.8 Å². The fourth-order valence-corrected chi connectivity index (χ4v) is 10.3. The van der Waals surface area contributed by atoms with Gasteiger partial charge in [-0.15, -0.1) is 0 Å². The highest BCUT2D eigenvalue weighted by molar-refractivity contribution is 6.19. The molecule has 0 fully saturated rings. The van der Waals surface area contributed by atoms with Gasteiger partial charge in [0.05, 0.1) is 11.0 Å². The van der Waals surface area contributed by atoms with Crippen molar-refractivity contribution in [1.29, 1.82) is 0 Å². The Bertz CT molecular complexity index is 3010. The van der Waals surface area contributed by atoms with Crippen LogP contribution in [-0.4, -0.2) is 4.57 Å². The van der Waals surface area contributed by atoms with Crippen LogP contribution in [0.3, 0.4) is 0 Å². The van der Waals surface area contributed by atoms with Gasteiger partial charge in [0.1, 0.15) is 0 Å². The summed E-state index contributed by atoms with van der Waals surface area (Å²) in [6, 6.07) is 60.7. The molecular weight excluding hydrogens is 663 g/mol. The van der Waals surface area contributed by atoms with Crippen molar-refractivity contribution in [3.63, 3.8) is 0 Å². The number of aromatic nitrogens is 1. The van der Waals surface area contributed by atoms with Gasteiger partial charge in [0.15, 0.2) is 0 Å². The lowest BCUT2D eigenvalue weighted by molar-refractivity contribution is 0.694. The van der Waals surface area contributed by atoms with Gasteiger partial charge in [0.25, 0.3) is 0 Å². The van der Waals surface area contributed by atoms with Crippen LogP contribution < -0.4 is 0 Å². The number of allylic oxidation sites excluding steroid dienone is 2. The number of nitrogens with zero attached hydrogens (tertiary/aromatic N) is 1. The zero-order valence-corrected chi connectivity index (χ0v) is 31.7. The lowest BCUT2D eigenvalue weighted by Crippen LogP contribution is -2.19. The molecule has 1 aromatic heterocycles. The first kappa shape index (κ1) is 32.0. The molecule has 0 radical (unpaired) electrons. The summed E-state index contributed by atoms with van der Waals surface area (Å²) in [5, 5.41) is 7.66. The molecule has 0 amide bonds. The third-order valence-corrected chi connectivity index (χ3v) is 12.8. The average Bonchev–Trinajstić information content (AvgIpc) is 3.78. The van der Waals surface area contributed by atoms with Gasteiger partial charge in [-0.25, -0.2) is 0 Å². The van der Waals surface area contributed by atoms with E-state index in [2.05, 4.69) is 208 Å². The number of hydrogen-bond acceptors (Lipinski definition) is 0. The highest BCUT2D eigenvalue weighted by Gasteiger charge is 2.49. The van der Waals surface area contributed by atoms with E-state index in [1.165, 1.54) is 105 Å². The van der Waals surface area contributed by atoms with Crippen molar-refractivity contribution < 1.29 is 0 Å². The van der Waals surface area contributed by atoms with Gasteiger partial charge in [0.2, 0.25) is 0 Å². The van der Waals surface area contributed by atoms with Crippen molar-refractivity contribution in [3.05, 3.63) is 197 Å². The Hall–Kier alpha value is -6.44. The summed E-state index contributed by atoms with van der Waals surface area (Å²) in [5.74, 6) is 0. The molecule has 1 nitrogen and oxygen atoms in total. The molecule has 0 atom stereocenters. The Labute approximate surface area is 322 Å². The van der Waals surface area contributed by atoms with Crippen LogP contribution in [0.15, 0.2) is 164 Å². The van der Waals surface area contributed by atoms with E-state index in [0.717, 1.165) is 0 Å². The summed E-state index contributed by atoms with van der Waals surface area (Å²) in [6.07, 6.45) is 4.60. The number of fused-ring (bicyclic) bond motifs is 9. The van der Waals surface area contributed by atoms with Crippen molar-refractivity contribution in [2.24, 2.45) is 0 Å². The number of rotatable bonds is 4. The van der Waals surface area contributed by atoms with Gasteiger partial charge in [-0.2, -0.15) is 0 Å². The molecule has 8 aromatic carbocycles. The number of para-hydroxylation sites is 2. The monoisotopic (exact) mass is 703 g/mol. The molecule has 9 aromatic rings. The molecule has 1 heteroatoms. The Kier molecular flexibility index (Phi) is 6.72. The van der Waals surface area contributed by atoms with Gasteiger partial charge < -0.3 is 4.57 Å². The first-order valence-corrected chi connectivity index (χ1v) is 19.5. The first-order valence-electron chi connectivity index (χ1n) is 19.5. The van der Waals surface area contributed by atoms with Crippen LogP contribution >= 0.6 is 0 Å². The highest BCUT2D eigenvalue weighted by Crippen LogP contribution is 2.62. The predicted molar refractivity (Wildman–Crippen MR) is 236 cm³/mol. The van der Waals surface area contributed by atoms with E-state index in [9.17, 15) is 0 Å². The van der Waals surface area contributed by atoms with E-state index < -0.39 is 0 Å². The molecule has 262 valence electrons. The van der Waals surface area contributed by atoms with Gasteiger partial charge in [-0.1, -0.05) is 173 Å². The van der Waals surface area contributed by atoms with Crippen LogP contribution in [0.5, 0.6) is 0 Å². The highest BCUT2D eigenvalue weighted by atomic mass is 15.0. The van der Waals surface area contributed by atoms with Gasteiger partial charge in [0, 0.05) is 27.3 Å². The molecule has 2 aliphatic carbocycles. The Morgan fingerprint density at radius 1 is 0.418 bits per heavy atom. The average molecular weight is 704 g/mol. The smallest absolute Gasteiger partial charge is 0.0541 e. The summed E-state index contributed by atoms with van der Waals surface area (Å²) in [5.41, 5.74) is 17.2. The largest absolute Gasteiger partial charge is 0.309 e. The Balaban J connectivity index is 1.02. The minimum absolute atomic E-state index is 0.0330. The van der Waals surface area contributed by atoms with Crippen LogP contribution in [0.25, 0.3) is 83.5 Å². The Morgan fingerprint density at radius 2 is 0.909 bits per heavy atom. The Morgan fingerprint density at radius 3 is 1.53 bits per heavy atom. The van der Waals surface area contributed by atoms with Crippen molar-refractivity contribution in [1.82, 2.24) is 4.57 Å². The van der Waals surface area contributed by atoms with Crippen LogP contribution in [0.1, 0.15) is 61.1 Å². The van der Waals surface area contributed by atoms with E-state index >= 15 is 0 Å². The summed E-state index contributed by atoms with van der Waals surface area (Å²) in [7, 11) is 0. The molecule has 11 rings (SSSR count). The van der Waals surface area contributed by atoms with Gasteiger partial charge >= 0.3 is 0 Å². The molecule has 2 aliphatic rings. The number of hydrogen-bond donors (Lipinski definition) is 0. The SMILES string of the molecule is CC1(C)C2=C(c3ccccc31)C(C)(C)c1cc(-c3c4ccccc4c(C=Cc4ccc(-n5c6ccccc6c6ccccc65)cc4)c4ccccc34)ccc12. The summed E-state index contributed by atoms with van der Waals surface area (Å²) in [6.45, 7) is 9.66. The molecular formula is C54H41N. The third kappa shape index (κ3) is 4.47.